The molecule has 0 unspecified atom stereocenters. The zero-order valence-electron chi connectivity index (χ0n) is 13.7. The van der Waals surface area contributed by atoms with Crippen LogP contribution in [0.1, 0.15) is 27.3 Å². The molecule has 1 aromatic carbocycles. The van der Waals surface area contributed by atoms with Crippen molar-refractivity contribution < 1.29 is 4.79 Å². The second kappa shape index (κ2) is 6.45. The molecule has 2 aromatic heterocycles. The SMILES string of the molecule is Cc1ccc(NC(=O)c2ccc(-n3nc(C)c(Cl)c3C)cc2)nc1. The smallest absolute Gasteiger partial charge is 0.256 e. The molecule has 0 saturated heterocycles. The number of carbonyl (C=O) groups excluding carboxylic acids is 1. The number of pyridine rings is 1. The van der Waals surface area contributed by atoms with Gasteiger partial charge in [0.05, 0.1) is 22.1 Å². The monoisotopic (exact) mass is 340 g/mol. The molecule has 0 fully saturated rings. The number of amides is 1. The molecule has 3 rings (SSSR count). The average molecular weight is 341 g/mol. The lowest BCUT2D eigenvalue weighted by atomic mass is 10.2. The third kappa shape index (κ3) is 3.16. The summed E-state index contributed by atoms with van der Waals surface area (Å²) in [4.78, 5) is 16.4. The first-order valence-electron chi connectivity index (χ1n) is 7.52. The van der Waals surface area contributed by atoms with Gasteiger partial charge in [-0.3, -0.25) is 4.79 Å². The summed E-state index contributed by atoms with van der Waals surface area (Å²) >= 11 is 6.18. The van der Waals surface area contributed by atoms with Crippen LogP contribution in [0, 0.1) is 20.8 Å². The standard InChI is InChI=1S/C18H17ClN4O/c1-11-4-9-16(20-10-11)21-18(24)14-5-7-15(8-6-14)23-13(3)17(19)12(2)22-23/h4-10H,1-3H3,(H,20,21,24). The third-order valence-electron chi connectivity index (χ3n) is 3.73. The lowest BCUT2D eigenvalue weighted by Gasteiger charge is -2.07. The van der Waals surface area contributed by atoms with Crippen LogP contribution in [0.4, 0.5) is 5.82 Å². The predicted molar refractivity (Wildman–Crippen MR) is 95.0 cm³/mol. The molecule has 6 heteroatoms. The second-order valence-electron chi connectivity index (χ2n) is 5.62. The Kier molecular flexibility index (Phi) is 4.36. The minimum absolute atomic E-state index is 0.204. The molecule has 0 bridgehead atoms. The van der Waals surface area contributed by atoms with E-state index in [-0.39, 0.29) is 5.91 Å². The molecule has 0 aliphatic heterocycles. The number of aryl methyl sites for hydroxylation is 2. The highest BCUT2D eigenvalue weighted by molar-refractivity contribution is 6.31. The highest BCUT2D eigenvalue weighted by Gasteiger charge is 2.12. The van der Waals surface area contributed by atoms with Gasteiger partial charge in [0.25, 0.3) is 5.91 Å². The molecule has 0 saturated carbocycles. The van der Waals surface area contributed by atoms with Gasteiger partial charge in [0.1, 0.15) is 5.82 Å². The summed E-state index contributed by atoms with van der Waals surface area (Å²) < 4.78 is 1.76. The van der Waals surface area contributed by atoms with E-state index in [2.05, 4.69) is 15.4 Å². The molecule has 1 N–H and O–H groups in total. The van der Waals surface area contributed by atoms with E-state index < -0.39 is 0 Å². The van der Waals surface area contributed by atoms with Crippen LogP contribution in [0.25, 0.3) is 5.69 Å². The Morgan fingerprint density at radius 3 is 2.33 bits per heavy atom. The number of carbonyl (C=O) groups is 1. The maximum absolute atomic E-state index is 12.3. The molecular weight excluding hydrogens is 324 g/mol. The summed E-state index contributed by atoms with van der Waals surface area (Å²) in [6.07, 6.45) is 1.71. The lowest BCUT2D eigenvalue weighted by Crippen LogP contribution is -2.13. The Hall–Kier alpha value is -2.66. The first-order chi connectivity index (χ1) is 11.5. The maximum atomic E-state index is 12.3. The van der Waals surface area contributed by atoms with Crippen LogP contribution in [0.2, 0.25) is 5.02 Å². The van der Waals surface area contributed by atoms with E-state index in [4.69, 9.17) is 11.6 Å². The van der Waals surface area contributed by atoms with Crippen LogP contribution >= 0.6 is 11.6 Å². The summed E-state index contributed by atoms with van der Waals surface area (Å²) in [6, 6.07) is 10.9. The molecule has 1 amide bonds. The topological polar surface area (TPSA) is 59.8 Å². The number of halogens is 1. The van der Waals surface area contributed by atoms with Crippen molar-refractivity contribution in [2.75, 3.05) is 5.32 Å². The van der Waals surface area contributed by atoms with Crippen LogP contribution < -0.4 is 5.32 Å². The molecule has 3 aromatic rings. The largest absolute Gasteiger partial charge is 0.307 e. The van der Waals surface area contributed by atoms with Crippen LogP contribution in [-0.2, 0) is 0 Å². The normalized spacial score (nSPS) is 10.7. The highest BCUT2D eigenvalue weighted by Crippen LogP contribution is 2.22. The van der Waals surface area contributed by atoms with Crippen LogP contribution in [-0.4, -0.2) is 20.7 Å². The third-order valence-corrected chi connectivity index (χ3v) is 4.28. The fourth-order valence-electron chi connectivity index (χ4n) is 2.36. The molecule has 0 aliphatic rings. The van der Waals surface area contributed by atoms with Gasteiger partial charge in [0.15, 0.2) is 0 Å². The van der Waals surface area contributed by atoms with Gasteiger partial charge in [0.2, 0.25) is 0 Å². The van der Waals surface area contributed by atoms with Crippen molar-refractivity contribution in [3.8, 4) is 5.69 Å². The number of anilines is 1. The van der Waals surface area contributed by atoms with Crippen molar-refractivity contribution >= 4 is 23.3 Å². The molecule has 0 radical (unpaired) electrons. The van der Waals surface area contributed by atoms with Crippen molar-refractivity contribution in [2.24, 2.45) is 0 Å². The summed E-state index contributed by atoms with van der Waals surface area (Å²) in [5.41, 5.74) is 4.10. The molecule has 24 heavy (non-hydrogen) atoms. The molecule has 2 heterocycles. The average Bonchev–Trinajstić information content (AvgIpc) is 2.84. The van der Waals surface area contributed by atoms with Crippen molar-refractivity contribution in [1.82, 2.24) is 14.8 Å². The maximum Gasteiger partial charge on any atom is 0.256 e. The fraction of sp³-hybridized carbons (Fsp3) is 0.167. The van der Waals surface area contributed by atoms with Crippen molar-refractivity contribution in [2.45, 2.75) is 20.8 Å². The summed E-state index contributed by atoms with van der Waals surface area (Å²) in [5, 5.41) is 7.84. The van der Waals surface area contributed by atoms with Crippen LogP contribution in [0.15, 0.2) is 42.6 Å². The van der Waals surface area contributed by atoms with E-state index in [1.165, 1.54) is 0 Å². The van der Waals surface area contributed by atoms with E-state index in [0.717, 1.165) is 22.6 Å². The number of nitrogens with zero attached hydrogens (tertiary/aromatic N) is 3. The van der Waals surface area contributed by atoms with Gasteiger partial charge in [-0.15, -0.1) is 0 Å². The first kappa shape index (κ1) is 16.2. The quantitative estimate of drug-likeness (QED) is 0.781. The highest BCUT2D eigenvalue weighted by atomic mass is 35.5. The molecule has 5 nitrogen and oxygen atoms in total. The van der Waals surface area contributed by atoms with Gasteiger partial charge < -0.3 is 5.32 Å². The van der Waals surface area contributed by atoms with Gasteiger partial charge in [-0.1, -0.05) is 17.7 Å². The number of aromatic nitrogens is 3. The fourth-order valence-corrected chi connectivity index (χ4v) is 2.48. The molecule has 122 valence electrons. The lowest BCUT2D eigenvalue weighted by molar-refractivity contribution is 0.102. The van der Waals surface area contributed by atoms with Gasteiger partial charge in [0, 0.05) is 11.8 Å². The minimum atomic E-state index is -0.204. The summed E-state index contributed by atoms with van der Waals surface area (Å²) in [7, 11) is 0. The Labute approximate surface area is 145 Å². The number of rotatable bonds is 3. The van der Waals surface area contributed by atoms with Crippen LogP contribution in [0.3, 0.4) is 0 Å². The van der Waals surface area contributed by atoms with Gasteiger partial charge in [-0.25, -0.2) is 9.67 Å². The van der Waals surface area contributed by atoms with Crippen molar-refractivity contribution in [3.05, 3.63) is 70.1 Å². The number of hydrogen-bond donors (Lipinski definition) is 1. The number of hydrogen-bond acceptors (Lipinski definition) is 3. The van der Waals surface area contributed by atoms with E-state index in [1.807, 2.05) is 39.0 Å². The Morgan fingerprint density at radius 2 is 1.79 bits per heavy atom. The second-order valence-corrected chi connectivity index (χ2v) is 6.00. The molecule has 0 spiro atoms. The van der Waals surface area contributed by atoms with E-state index in [9.17, 15) is 4.79 Å². The van der Waals surface area contributed by atoms with E-state index >= 15 is 0 Å². The number of benzene rings is 1. The van der Waals surface area contributed by atoms with Crippen molar-refractivity contribution in [1.29, 1.82) is 0 Å². The zero-order chi connectivity index (χ0) is 17.3. The Bertz CT molecular complexity index is 883. The van der Waals surface area contributed by atoms with Gasteiger partial charge in [-0.05, 0) is 56.7 Å². The predicted octanol–water partition coefficient (Wildman–Crippen LogP) is 4.10. The van der Waals surface area contributed by atoms with E-state index in [0.29, 0.717) is 16.4 Å². The zero-order valence-corrected chi connectivity index (χ0v) is 14.4. The molecule has 0 aliphatic carbocycles. The first-order valence-corrected chi connectivity index (χ1v) is 7.89. The van der Waals surface area contributed by atoms with E-state index in [1.54, 1.807) is 29.1 Å². The van der Waals surface area contributed by atoms with Gasteiger partial charge in [-0.2, -0.15) is 5.10 Å². The minimum Gasteiger partial charge on any atom is -0.307 e. The van der Waals surface area contributed by atoms with Gasteiger partial charge >= 0.3 is 0 Å². The Balaban J connectivity index is 1.80. The summed E-state index contributed by atoms with van der Waals surface area (Å²) in [6.45, 7) is 5.72. The van der Waals surface area contributed by atoms with Crippen molar-refractivity contribution in [3.63, 3.8) is 0 Å². The summed E-state index contributed by atoms with van der Waals surface area (Å²) in [5.74, 6) is 0.323. The molecule has 0 atom stereocenters. The van der Waals surface area contributed by atoms with Crippen LogP contribution in [0.5, 0.6) is 0 Å². The Morgan fingerprint density at radius 1 is 1.08 bits per heavy atom. The number of nitrogens with one attached hydrogen (secondary N) is 1. The molecular formula is C18H17ClN4O.